The van der Waals surface area contributed by atoms with Gasteiger partial charge in [-0.3, -0.25) is 4.79 Å². The number of alkyl halides is 3. The highest BCUT2D eigenvalue weighted by Gasteiger charge is 2.38. The van der Waals surface area contributed by atoms with Crippen LogP contribution in [0, 0.1) is 0 Å². The van der Waals surface area contributed by atoms with Crippen molar-refractivity contribution >= 4 is 35.3 Å². The molecule has 1 atom stereocenters. The van der Waals surface area contributed by atoms with Crippen molar-refractivity contribution < 1.29 is 23.1 Å². The van der Waals surface area contributed by atoms with E-state index in [0.29, 0.717) is 45.6 Å². The lowest BCUT2D eigenvalue weighted by atomic mass is 10.2. The van der Waals surface area contributed by atoms with Gasteiger partial charge in [-0.2, -0.15) is 17.8 Å². The van der Waals surface area contributed by atoms with E-state index in [4.69, 9.17) is 11.6 Å². The zero-order chi connectivity index (χ0) is 22.3. The molecule has 1 fully saturated rings. The van der Waals surface area contributed by atoms with Crippen molar-refractivity contribution in [3.8, 4) is 17.1 Å². The minimum absolute atomic E-state index is 0.0807. The third-order valence-electron chi connectivity index (χ3n) is 5.04. The lowest BCUT2D eigenvalue weighted by Crippen LogP contribution is -2.47. The van der Waals surface area contributed by atoms with Gasteiger partial charge in [-0.15, -0.1) is 0 Å². The Bertz CT molecular complexity index is 1240. The SMILES string of the molecule is CN(CC(F)(F)F)C(=O)C1CCCN1c1nc(-c2c[nH]c3c2=CC(Cl)=C=[N+]=3)ncc1O. The minimum atomic E-state index is -4.50. The Morgan fingerprint density at radius 2 is 2.29 bits per heavy atom. The van der Waals surface area contributed by atoms with Gasteiger partial charge in [-0.25, -0.2) is 15.0 Å². The molecule has 1 saturated heterocycles. The first kappa shape index (κ1) is 21.0. The number of aromatic hydroxyl groups is 1. The van der Waals surface area contributed by atoms with Crippen LogP contribution in [-0.2, 0) is 4.79 Å². The van der Waals surface area contributed by atoms with Gasteiger partial charge in [0.05, 0.1) is 17.0 Å². The van der Waals surface area contributed by atoms with E-state index >= 15 is 0 Å². The number of amides is 1. The number of allylic oxidation sites excluding steroid dienone is 1. The summed E-state index contributed by atoms with van der Waals surface area (Å²) < 4.78 is 42.2. The molecule has 31 heavy (non-hydrogen) atoms. The van der Waals surface area contributed by atoms with Crippen LogP contribution in [0.1, 0.15) is 12.8 Å². The molecule has 162 valence electrons. The quantitative estimate of drug-likeness (QED) is 0.654. The number of likely N-dealkylation sites (N-methyl/N-ethyl adjacent to an activating group) is 1. The molecule has 0 radical (unpaired) electrons. The number of aromatic amines is 1. The van der Waals surface area contributed by atoms with Gasteiger partial charge < -0.3 is 14.9 Å². The van der Waals surface area contributed by atoms with E-state index in [9.17, 15) is 23.1 Å². The fourth-order valence-corrected chi connectivity index (χ4v) is 3.85. The van der Waals surface area contributed by atoms with Gasteiger partial charge in [0.25, 0.3) is 0 Å². The maximum Gasteiger partial charge on any atom is 0.406 e. The Morgan fingerprint density at radius 3 is 3.03 bits per heavy atom. The van der Waals surface area contributed by atoms with E-state index in [-0.39, 0.29) is 17.4 Å². The summed E-state index contributed by atoms with van der Waals surface area (Å²) in [6, 6.07) is -0.866. The van der Waals surface area contributed by atoms with Gasteiger partial charge >= 0.3 is 11.7 Å². The first-order valence-electron chi connectivity index (χ1n) is 9.34. The van der Waals surface area contributed by atoms with Crippen molar-refractivity contribution in [2.24, 2.45) is 0 Å². The Kier molecular flexibility index (Phi) is 5.26. The molecule has 0 bridgehead atoms. The van der Waals surface area contributed by atoms with E-state index < -0.39 is 24.7 Å². The molecule has 12 heteroatoms. The Labute approximate surface area is 178 Å². The van der Waals surface area contributed by atoms with Gasteiger partial charge in [0.1, 0.15) is 23.8 Å². The van der Waals surface area contributed by atoms with Crippen molar-refractivity contribution in [3.05, 3.63) is 28.1 Å². The monoisotopic (exact) mass is 453 g/mol. The van der Waals surface area contributed by atoms with Crippen LogP contribution in [0.4, 0.5) is 19.0 Å². The predicted molar refractivity (Wildman–Crippen MR) is 107 cm³/mol. The highest BCUT2D eigenvalue weighted by molar-refractivity contribution is 6.38. The maximum atomic E-state index is 12.7. The lowest BCUT2D eigenvalue weighted by Gasteiger charge is -2.29. The molecule has 0 spiro atoms. The highest BCUT2D eigenvalue weighted by atomic mass is 35.5. The summed E-state index contributed by atoms with van der Waals surface area (Å²) in [6.07, 6.45) is 0.876. The third kappa shape index (κ3) is 4.16. The molecule has 2 N–H and O–H groups in total. The van der Waals surface area contributed by atoms with Crippen LogP contribution < -0.4 is 20.3 Å². The van der Waals surface area contributed by atoms with Crippen LogP contribution in [-0.4, -0.2) is 69.1 Å². The number of anilines is 1. The van der Waals surface area contributed by atoms with Gasteiger partial charge in [-0.1, -0.05) is 11.6 Å². The highest BCUT2D eigenvalue weighted by Crippen LogP contribution is 2.33. The molecule has 1 amide bonds. The average Bonchev–Trinajstić information content (AvgIpc) is 3.33. The summed E-state index contributed by atoms with van der Waals surface area (Å²) in [5.74, 6) is 1.98. The zero-order valence-electron chi connectivity index (χ0n) is 16.2. The van der Waals surface area contributed by atoms with Gasteiger partial charge in [-0.05, 0) is 18.9 Å². The largest absolute Gasteiger partial charge is 0.503 e. The average molecular weight is 454 g/mol. The van der Waals surface area contributed by atoms with Crippen LogP contribution in [0.15, 0.2) is 17.4 Å². The number of aromatic nitrogens is 3. The normalized spacial score (nSPS) is 17.6. The molecule has 8 nitrogen and oxygen atoms in total. The summed E-state index contributed by atoms with van der Waals surface area (Å²) in [4.78, 5) is 26.4. The number of carbonyl (C=O) groups excluding carboxylic acids is 1. The number of carbonyl (C=O) groups is 1. The van der Waals surface area contributed by atoms with E-state index in [1.165, 1.54) is 11.1 Å². The zero-order valence-corrected chi connectivity index (χ0v) is 17.0. The summed E-state index contributed by atoms with van der Waals surface area (Å²) in [5.41, 5.74) is 1.08. The van der Waals surface area contributed by atoms with Crippen molar-refractivity contribution in [1.29, 1.82) is 0 Å². The molecule has 1 unspecified atom stereocenters. The number of rotatable bonds is 4. The topological polar surface area (TPSA) is 99.5 Å². The molecule has 2 aliphatic heterocycles. The Hall–Kier alpha value is -3.26. The van der Waals surface area contributed by atoms with E-state index in [1.54, 1.807) is 12.3 Å². The molecule has 0 saturated carbocycles. The summed E-state index contributed by atoms with van der Waals surface area (Å²) in [6.45, 7) is -0.992. The fourth-order valence-electron chi connectivity index (χ4n) is 3.70. The number of nitrogens with zero attached hydrogens (tertiary/aromatic N) is 5. The number of hydrogen-bond acceptors (Lipinski definition) is 5. The van der Waals surface area contributed by atoms with Crippen LogP contribution in [0.25, 0.3) is 17.5 Å². The Balaban J connectivity index is 1.68. The summed E-state index contributed by atoms with van der Waals surface area (Å²) in [5, 5.41) is 11.3. The first-order valence-corrected chi connectivity index (χ1v) is 9.72. The molecule has 2 aliphatic rings. The van der Waals surface area contributed by atoms with Crippen molar-refractivity contribution in [3.63, 3.8) is 0 Å². The molecule has 2 aromatic heterocycles. The van der Waals surface area contributed by atoms with Crippen LogP contribution in [0.2, 0.25) is 0 Å². The molecule has 0 aliphatic carbocycles. The van der Waals surface area contributed by atoms with Crippen molar-refractivity contribution in [2.75, 3.05) is 25.0 Å². The Morgan fingerprint density at radius 1 is 1.52 bits per heavy atom. The van der Waals surface area contributed by atoms with E-state index in [2.05, 4.69) is 25.5 Å². The van der Waals surface area contributed by atoms with Gasteiger partial charge in [0.2, 0.25) is 11.8 Å². The predicted octanol–water partition coefficient (Wildman–Crippen LogP) is 0.440. The second kappa shape index (κ2) is 7.77. The molecule has 0 aromatic carbocycles. The van der Waals surface area contributed by atoms with E-state index in [0.717, 1.165) is 7.05 Å². The lowest BCUT2D eigenvalue weighted by molar-refractivity contribution is -0.159. The van der Waals surface area contributed by atoms with Gasteiger partial charge in [0, 0.05) is 13.6 Å². The second-order valence-corrected chi connectivity index (χ2v) is 7.65. The minimum Gasteiger partial charge on any atom is -0.503 e. The number of hydrogen-bond donors (Lipinski definition) is 2. The molecule has 4 rings (SSSR count). The standard InChI is InChI=1S/C19H16ClF3N6O2/c1-28(9-19(21,22)23)18(31)13-3-2-4-29(13)17-14(30)8-26-16(27-17)12-7-25-15-11(12)5-10(20)6-24-15/h5,7-8,13,30H,2-4,9H2,1H3/p+1. The van der Waals surface area contributed by atoms with Crippen LogP contribution in [0.5, 0.6) is 5.75 Å². The molecular weight excluding hydrogens is 437 g/mol. The number of fused-ring (bicyclic) bond motifs is 1. The summed E-state index contributed by atoms with van der Waals surface area (Å²) in [7, 11) is 1.11. The number of halogens is 4. The molecule has 2 aromatic rings. The third-order valence-corrected chi connectivity index (χ3v) is 5.23. The first-order chi connectivity index (χ1) is 14.6. The molecular formula is C19H17ClF3N6O2+. The number of H-pyrrole nitrogens is 1. The van der Waals surface area contributed by atoms with Crippen LogP contribution in [0.3, 0.4) is 0 Å². The smallest absolute Gasteiger partial charge is 0.406 e. The maximum absolute atomic E-state index is 12.7. The number of nitrogens with one attached hydrogen (secondary N) is 1. The van der Waals surface area contributed by atoms with E-state index in [1.807, 2.05) is 0 Å². The molecule has 4 heterocycles. The van der Waals surface area contributed by atoms with Crippen LogP contribution >= 0.6 is 11.6 Å². The van der Waals surface area contributed by atoms with Crippen molar-refractivity contribution in [2.45, 2.75) is 25.1 Å². The van der Waals surface area contributed by atoms with Crippen molar-refractivity contribution in [1.82, 2.24) is 24.5 Å². The second-order valence-electron chi connectivity index (χ2n) is 7.24. The fraction of sp³-hybridized carbons (Fsp3) is 0.368. The summed E-state index contributed by atoms with van der Waals surface area (Å²) >= 11 is 5.98. The van der Waals surface area contributed by atoms with Gasteiger partial charge in [0.15, 0.2) is 17.4 Å².